The molecule has 0 saturated carbocycles. The van der Waals surface area contributed by atoms with Crippen LogP contribution in [0.25, 0.3) is 10.8 Å². The van der Waals surface area contributed by atoms with Crippen LogP contribution < -0.4 is 0 Å². The number of benzene rings is 2. The Bertz CT molecular complexity index is 729. The fourth-order valence-corrected chi connectivity index (χ4v) is 3.10. The lowest BCUT2D eigenvalue weighted by molar-refractivity contribution is 0.0310. The van der Waals surface area contributed by atoms with Crippen molar-refractivity contribution in [1.82, 2.24) is 0 Å². The average molecular weight is 385 g/mol. The summed E-state index contributed by atoms with van der Waals surface area (Å²) >= 11 is 0. The summed E-state index contributed by atoms with van der Waals surface area (Å²) in [5.41, 5.74) is 1.05. The first-order valence-electron chi connectivity index (χ1n) is 10.4. The Morgan fingerprint density at radius 2 is 1.14 bits per heavy atom. The van der Waals surface area contributed by atoms with E-state index in [1.54, 1.807) is 12.1 Å². The fraction of sp³-hybridized carbons (Fsp3) is 0.500. The number of fused-ring (bicyclic) bond motifs is 1. The highest BCUT2D eigenvalue weighted by molar-refractivity contribution is 5.99. The molecule has 0 unspecified atom stereocenters. The first-order valence-corrected chi connectivity index (χ1v) is 10.4. The monoisotopic (exact) mass is 384 g/mol. The number of rotatable bonds is 10. The van der Waals surface area contributed by atoms with Gasteiger partial charge in [0.2, 0.25) is 0 Å². The van der Waals surface area contributed by atoms with Crippen molar-refractivity contribution >= 4 is 22.7 Å². The summed E-state index contributed by atoms with van der Waals surface area (Å²) in [6.07, 6.45) is 5.82. The molecule has 2 atom stereocenters. The van der Waals surface area contributed by atoms with Gasteiger partial charge in [0.05, 0.1) is 23.3 Å². The summed E-state index contributed by atoms with van der Waals surface area (Å²) in [4.78, 5) is 24.7. The average Bonchev–Trinajstić information content (AvgIpc) is 2.69. The second-order valence-electron chi connectivity index (χ2n) is 7.49. The largest absolute Gasteiger partial charge is 0.459 e. The second kappa shape index (κ2) is 10.8. The van der Waals surface area contributed by atoms with Crippen LogP contribution in [0.1, 0.15) is 86.9 Å². The van der Waals surface area contributed by atoms with Crippen molar-refractivity contribution in [1.29, 1.82) is 0 Å². The normalized spacial score (nSPS) is 13.1. The summed E-state index contributed by atoms with van der Waals surface area (Å²) in [5.74, 6) is -0.613. The van der Waals surface area contributed by atoms with Crippen LogP contribution in [0.3, 0.4) is 0 Å². The molecule has 0 N–H and O–H groups in total. The maximum Gasteiger partial charge on any atom is 0.338 e. The van der Waals surface area contributed by atoms with Crippen LogP contribution in [0.15, 0.2) is 36.4 Å². The highest BCUT2D eigenvalue weighted by atomic mass is 16.5. The zero-order valence-corrected chi connectivity index (χ0v) is 17.5. The lowest BCUT2D eigenvalue weighted by Gasteiger charge is -2.14. The van der Waals surface area contributed by atoms with E-state index in [1.807, 2.05) is 38.1 Å². The van der Waals surface area contributed by atoms with Crippen LogP contribution in [0, 0.1) is 0 Å². The molecule has 28 heavy (non-hydrogen) atoms. The summed E-state index contributed by atoms with van der Waals surface area (Å²) in [6.45, 7) is 8.09. The van der Waals surface area contributed by atoms with Crippen LogP contribution in [-0.2, 0) is 9.47 Å². The zero-order valence-electron chi connectivity index (χ0n) is 17.5. The minimum atomic E-state index is -0.307. The molecular weight excluding hydrogens is 352 g/mol. The van der Waals surface area contributed by atoms with E-state index in [9.17, 15) is 9.59 Å². The fourth-order valence-electron chi connectivity index (χ4n) is 3.10. The van der Waals surface area contributed by atoms with Crippen LogP contribution in [0.2, 0.25) is 0 Å². The molecule has 0 bridgehead atoms. The van der Waals surface area contributed by atoms with Gasteiger partial charge in [-0.15, -0.1) is 0 Å². The molecule has 0 aliphatic carbocycles. The SMILES string of the molecule is CCCC[C@@H](C)OC(=O)c1ccc2cc(C(=O)O[C@H](C)CCCC)ccc2c1. The molecule has 0 aromatic heterocycles. The third kappa shape index (κ3) is 6.36. The first kappa shape index (κ1) is 21.9. The maximum atomic E-state index is 12.3. The van der Waals surface area contributed by atoms with Gasteiger partial charge in [-0.05, 0) is 61.7 Å². The van der Waals surface area contributed by atoms with Crippen molar-refractivity contribution < 1.29 is 19.1 Å². The molecule has 0 amide bonds. The molecule has 0 radical (unpaired) electrons. The minimum absolute atomic E-state index is 0.0880. The minimum Gasteiger partial charge on any atom is -0.459 e. The van der Waals surface area contributed by atoms with E-state index in [2.05, 4.69) is 13.8 Å². The smallest absolute Gasteiger partial charge is 0.338 e. The van der Waals surface area contributed by atoms with Crippen LogP contribution >= 0.6 is 0 Å². The van der Waals surface area contributed by atoms with E-state index in [0.29, 0.717) is 11.1 Å². The van der Waals surface area contributed by atoms with Gasteiger partial charge >= 0.3 is 11.9 Å². The van der Waals surface area contributed by atoms with E-state index in [0.717, 1.165) is 49.3 Å². The number of esters is 2. The molecule has 0 aliphatic rings. The predicted octanol–water partition coefficient (Wildman–Crippen LogP) is 6.31. The van der Waals surface area contributed by atoms with Crippen molar-refractivity contribution in [2.45, 2.75) is 78.4 Å². The summed E-state index contributed by atoms with van der Waals surface area (Å²) in [7, 11) is 0. The molecule has 4 heteroatoms. The van der Waals surface area contributed by atoms with Crippen molar-refractivity contribution in [3.63, 3.8) is 0 Å². The van der Waals surface area contributed by atoms with Gasteiger partial charge in [0, 0.05) is 0 Å². The lowest BCUT2D eigenvalue weighted by atomic mass is 10.0. The molecule has 0 fully saturated rings. The van der Waals surface area contributed by atoms with E-state index in [4.69, 9.17) is 9.47 Å². The van der Waals surface area contributed by atoms with Gasteiger partial charge in [-0.3, -0.25) is 0 Å². The number of hydrogen-bond acceptors (Lipinski definition) is 4. The van der Waals surface area contributed by atoms with Gasteiger partial charge in [-0.25, -0.2) is 9.59 Å². The molecule has 0 spiro atoms. The Morgan fingerprint density at radius 1 is 0.750 bits per heavy atom. The summed E-state index contributed by atoms with van der Waals surface area (Å²) < 4.78 is 11.0. The van der Waals surface area contributed by atoms with Crippen molar-refractivity contribution in [2.24, 2.45) is 0 Å². The van der Waals surface area contributed by atoms with E-state index < -0.39 is 0 Å². The first-order chi connectivity index (χ1) is 13.4. The third-order valence-electron chi connectivity index (χ3n) is 4.86. The van der Waals surface area contributed by atoms with Gasteiger partial charge in [0.25, 0.3) is 0 Å². The maximum absolute atomic E-state index is 12.3. The molecule has 2 rings (SSSR count). The molecule has 2 aromatic rings. The Morgan fingerprint density at radius 3 is 1.50 bits per heavy atom. The molecule has 0 saturated heterocycles. The molecule has 4 nitrogen and oxygen atoms in total. The Balaban J connectivity index is 2.07. The van der Waals surface area contributed by atoms with Gasteiger partial charge in [-0.1, -0.05) is 51.7 Å². The van der Waals surface area contributed by atoms with Crippen molar-refractivity contribution in [3.8, 4) is 0 Å². The Labute approximate surface area is 168 Å². The van der Waals surface area contributed by atoms with Gasteiger partial charge < -0.3 is 9.47 Å². The number of hydrogen-bond donors (Lipinski definition) is 0. The molecular formula is C24H32O4. The van der Waals surface area contributed by atoms with Gasteiger partial charge in [0.15, 0.2) is 0 Å². The van der Waals surface area contributed by atoms with Gasteiger partial charge in [0.1, 0.15) is 0 Å². The third-order valence-corrected chi connectivity index (χ3v) is 4.86. The second-order valence-corrected chi connectivity index (χ2v) is 7.49. The topological polar surface area (TPSA) is 52.6 Å². The van der Waals surface area contributed by atoms with Gasteiger partial charge in [-0.2, -0.15) is 0 Å². The Hall–Kier alpha value is -2.36. The highest BCUT2D eigenvalue weighted by Crippen LogP contribution is 2.20. The van der Waals surface area contributed by atoms with Crippen molar-refractivity contribution in [3.05, 3.63) is 47.5 Å². The number of unbranched alkanes of at least 4 members (excludes halogenated alkanes) is 2. The number of carbonyl (C=O) groups is 2. The van der Waals surface area contributed by atoms with E-state index in [-0.39, 0.29) is 24.1 Å². The number of carbonyl (C=O) groups excluding carboxylic acids is 2. The predicted molar refractivity (Wildman–Crippen MR) is 113 cm³/mol. The van der Waals surface area contributed by atoms with Crippen LogP contribution in [-0.4, -0.2) is 24.1 Å². The van der Waals surface area contributed by atoms with E-state index >= 15 is 0 Å². The number of ether oxygens (including phenoxy) is 2. The van der Waals surface area contributed by atoms with Crippen LogP contribution in [0.4, 0.5) is 0 Å². The highest BCUT2D eigenvalue weighted by Gasteiger charge is 2.15. The molecule has 2 aromatic carbocycles. The summed E-state index contributed by atoms with van der Waals surface area (Å²) in [5, 5.41) is 1.79. The molecule has 0 heterocycles. The van der Waals surface area contributed by atoms with E-state index in [1.165, 1.54) is 0 Å². The van der Waals surface area contributed by atoms with Crippen LogP contribution in [0.5, 0.6) is 0 Å². The standard InChI is InChI=1S/C24H32O4/c1-5-7-9-17(3)27-23(25)21-13-11-20-16-22(14-12-19(20)15-21)24(26)28-18(4)10-8-6-2/h11-18H,5-10H2,1-4H3/t17-,18-/m1/s1. The molecule has 0 aliphatic heterocycles. The molecule has 152 valence electrons. The summed E-state index contributed by atoms with van der Waals surface area (Å²) in [6, 6.07) is 10.8. The quantitative estimate of drug-likeness (QED) is 0.450. The lowest BCUT2D eigenvalue weighted by Crippen LogP contribution is -2.15. The van der Waals surface area contributed by atoms with Crippen molar-refractivity contribution in [2.75, 3.05) is 0 Å². The Kier molecular flexibility index (Phi) is 8.49. The zero-order chi connectivity index (χ0) is 20.5.